The maximum atomic E-state index is 11.5. The molecular formula is C16H27NO14. The molecule has 0 aromatic carbocycles. The third-order valence-corrected chi connectivity index (χ3v) is 3.95. The number of rotatable bonds is 20. The molecule has 31 heavy (non-hydrogen) atoms. The van der Waals surface area contributed by atoms with Crippen LogP contribution in [0.4, 0.5) is 0 Å². The highest BCUT2D eigenvalue weighted by Crippen LogP contribution is 2.09. The van der Waals surface area contributed by atoms with Crippen LogP contribution in [0.3, 0.4) is 0 Å². The Labute approximate surface area is 176 Å². The maximum absolute atomic E-state index is 11.5. The van der Waals surface area contributed by atoms with E-state index in [0.29, 0.717) is 0 Å². The minimum Gasteiger partial charge on any atom is -0.481 e. The summed E-state index contributed by atoms with van der Waals surface area (Å²) in [6.07, 6.45) is -3.86. The lowest BCUT2D eigenvalue weighted by atomic mass is 10.1. The molecule has 15 heteroatoms. The van der Waals surface area contributed by atoms with Gasteiger partial charge in [0.2, 0.25) is 0 Å². The van der Waals surface area contributed by atoms with Gasteiger partial charge in [0.1, 0.15) is 12.6 Å². The van der Waals surface area contributed by atoms with Crippen LogP contribution >= 0.6 is 0 Å². The van der Waals surface area contributed by atoms with Gasteiger partial charge in [0.05, 0.1) is 38.8 Å². The maximum Gasteiger partial charge on any atom is 0.333 e. The summed E-state index contributed by atoms with van der Waals surface area (Å²) < 4.78 is 10.4. The highest BCUT2D eigenvalue weighted by atomic mass is 17.1. The van der Waals surface area contributed by atoms with E-state index in [9.17, 15) is 24.3 Å². The van der Waals surface area contributed by atoms with Gasteiger partial charge in [-0.25, -0.2) is 14.6 Å². The van der Waals surface area contributed by atoms with Gasteiger partial charge in [-0.05, 0) is 0 Å². The van der Waals surface area contributed by atoms with E-state index >= 15 is 0 Å². The van der Waals surface area contributed by atoms with Gasteiger partial charge in [-0.2, -0.15) is 0 Å². The largest absolute Gasteiger partial charge is 0.481 e. The monoisotopic (exact) mass is 457 g/mol. The van der Waals surface area contributed by atoms with Crippen molar-refractivity contribution in [2.75, 3.05) is 39.5 Å². The summed E-state index contributed by atoms with van der Waals surface area (Å²) in [5.41, 5.74) is 0. The predicted molar refractivity (Wildman–Crippen MR) is 96.4 cm³/mol. The molecule has 0 saturated heterocycles. The smallest absolute Gasteiger partial charge is 0.333 e. The Morgan fingerprint density at radius 1 is 0.742 bits per heavy atom. The molecule has 6 N–H and O–H groups in total. The summed E-state index contributed by atoms with van der Waals surface area (Å²) in [5.74, 6) is -5.77. The van der Waals surface area contributed by atoms with Crippen LogP contribution in [0.25, 0.3) is 0 Å². The topological polar surface area (TPSA) is 230 Å². The summed E-state index contributed by atoms with van der Waals surface area (Å²) in [5, 5.41) is 52.9. The third kappa shape index (κ3) is 13.5. The fourth-order valence-electron chi connectivity index (χ4n) is 2.47. The molecule has 0 spiro atoms. The Bertz CT molecular complexity index is 571. The van der Waals surface area contributed by atoms with Crippen molar-refractivity contribution in [1.82, 2.24) is 4.90 Å². The second-order valence-corrected chi connectivity index (χ2v) is 6.19. The molecule has 3 unspecified atom stereocenters. The molecule has 15 nitrogen and oxygen atoms in total. The van der Waals surface area contributed by atoms with E-state index in [2.05, 4.69) is 9.78 Å². The normalized spacial score (nSPS) is 14.2. The fourth-order valence-corrected chi connectivity index (χ4v) is 2.47. The Morgan fingerprint density at radius 2 is 1.32 bits per heavy atom. The van der Waals surface area contributed by atoms with Gasteiger partial charge in [-0.3, -0.25) is 29.8 Å². The van der Waals surface area contributed by atoms with Crippen LogP contribution in [0.1, 0.15) is 19.3 Å². The minimum absolute atomic E-state index is 0.118. The number of carboxylic acid groups (broad SMARTS) is 4. The van der Waals surface area contributed by atoms with E-state index < -0.39 is 61.6 Å². The first kappa shape index (κ1) is 28.6. The van der Waals surface area contributed by atoms with Crippen molar-refractivity contribution >= 4 is 23.9 Å². The number of hydrogen-bond acceptors (Lipinski definition) is 11. The van der Waals surface area contributed by atoms with E-state index in [1.165, 1.54) is 0 Å². The van der Waals surface area contributed by atoms with Crippen LogP contribution in [-0.2, 0) is 38.4 Å². The molecule has 0 bridgehead atoms. The summed E-state index contributed by atoms with van der Waals surface area (Å²) in [6, 6.07) is -1.50. The molecule has 0 saturated carbocycles. The number of carboxylic acids is 4. The van der Waals surface area contributed by atoms with E-state index in [1.54, 1.807) is 0 Å². The van der Waals surface area contributed by atoms with E-state index in [0.717, 1.165) is 4.90 Å². The van der Waals surface area contributed by atoms with Crippen molar-refractivity contribution in [3.05, 3.63) is 0 Å². The average molecular weight is 457 g/mol. The van der Waals surface area contributed by atoms with Crippen molar-refractivity contribution in [3.63, 3.8) is 0 Å². The SMILES string of the molecule is O=C(O)CC(OCCN(CCOC(CCOO)COO)C(CC(=O)O)C(=O)O)C(=O)O. The highest BCUT2D eigenvalue weighted by molar-refractivity contribution is 5.80. The molecule has 0 aliphatic heterocycles. The Kier molecular flexibility index (Phi) is 15.0. The molecule has 0 amide bonds. The molecule has 0 aromatic heterocycles. The first-order valence-electron chi connectivity index (χ1n) is 9.01. The van der Waals surface area contributed by atoms with E-state index in [1.807, 2.05) is 0 Å². The average Bonchev–Trinajstić information content (AvgIpc) is 2.67. The lowest BCUT2D eigenvalue weighted by Gasteiger charge is -2.29. The highest BCUT2D eigenvalue weighted by Gasteiger charge is 2.29. The van der Waals surface area contributed by atoms with Gasteiger partial charge >= 0.3 is 23.9 Å². The Balaban J connectivity index is 5.06. The molecule has 180 valence electrons. The van der Waals surface area contributed by atoms with Crippen LogP contribution in [0.2, 0.25) is 0 Å². The minimum atomic E-state index is -1.66. The van der Waals surface area contributed by atoms with Gasteiger partial charge in [0.25, 0.3) is 0 Å². The quantitative estimate of drug-likeness (QED) is 0.0942. The number of ether oxygens (including phenoxy) is 2. The lowest BCUT2D eigenvalue weighted by Crippen LogP contribution is -2.46. The van der Waals surface area contributed by atoms with Gasteiger partial charge in [-0.1, -0.05) is 0 Å². The predicted octanol–water partition coefficient (Wildman–Crippen LogP) is -1.08. The molecule has 0 aromatic rings. The summed E-state index contributed by atoms with van der Waals surface area (Å²) in [4.78, 5) is 53.3. The van der Waals surface area contributed by atoms with Crippen LogP contribution in [0.5, 0.6) is 0 Å². The third-order valence-electron chi connectivity index (χ3n) is 3.95. The van der Waals surface area contributed by atoms with Crippen molar-refractivity contribution in [1.29, 1.82) is 0 Å². The molecule has 0 radical (unpaired) electrons. The fraction of sp³-hybridized carbons (Fsp3) is 0.750. The zero-order chi connectivity index (χ0) is 23.8. The summed E-state index contributed by atoms with van der Waals surface area (Å²) in [7, 11) is 0. The van der Waals surface area contributed by atoms with Gasteiger partial charge in [0.15, 0.2) is 6.10 Å². The first-order chi connectivity index (χ1) is 14.6. The Hall–Kier alpha value is -2.40. The second kappa shape index (κ2) is 16.3. The van der Waals surface area contributed by atoms with Crippen molar-refractivity contribution < 1.29 is 69.4 Å². The van der Waals surface area contributed by atoms with E-state index in [-0.39, 0.29) is 39.3 Å². The Morgan fingerprint density at radius 3 is 1.77 bits per heavy atom. The van der Waals surface area contributed by atoms with Gasteiger partial charge in [0, 0.05) is 19.5 Å². The van der Waals surface area contributed by atoms with Crippen molar-refractivity contribution in [2.24, 2.45) is 0 Å². The van der Waals surface area contributed by atoms with Crippen LogP contribution in [-0.4, -0.2) is 117 Å². The molecule has 0 rings (SSSR count). The lowest BCUT2D eigenvalue weighted by molar-refractivity contribution is -0.271. The van der Waals surface area contributed by atoms with Crippen molar-refractivity contribution in [3.8, 4) is 0 Å². The zero-order valence-electron chi connectivity index (χ0n) is 16.5. The first-order valence-corrected chi connectivity index (χ1v) is 9.01. The van der Waals surface area contributed by atoms with Crippen LogP contribution < -0.4 is 0 Å². The molecule has 3 atom stereocenters. The number of carbonyl (C=O) groups is 4. The standard InChI is InChI=1S/C16H27NO14/c18-13(19)7-11(15(22)23)17(2-5-28-10(9-31-27)1-4-30-26)3-6-29-12(16(24)25)8-14(20)21/h10-12,26-27H,1-9H2,(H,18,19)(H,20,21)(H,22,23)(H,24,25). The van der Waals surface area contributed by atoms with Gasteiger partial charge in [-0.15, -0.1) is 0 Å². The van der Waals surface area contributed by atoms with Crippen molar-refractivity contribution in [2.45, 2.75) is 37.5 Å². The molecule has 0 heterocycles. The number of aliphatic carboxylic acids is 4. The zero-order valence-corrected chi connectivity index (χ0v) is 16.5. The van der Waals surface area contributed by atoms with Gasteiger partial charge < -0.3 is 29.9 Å². The molecule has 0 aliphatic carbocycles. The van der Waals surface area contributed by atoms with Crippen LogP contribution in [0, 0.1) is 0 Å². The molecule has 0 aliphatic rings. The van der Waals surface area contributed by atoms with Crippen LogP contribution in [0.15, 0.2) is 0 Å². The summed E-state index contributed by atoms with van der Waals surface area (Å²) >= 11 is 0. The molecule has 0 fully saturated rings. The number of hydrogen-bond donors (Lipinski definition) is 6. The second-order valence-electron chi connectivity index (χ2n) is 6.19. The van der Waals surface area contributed by atoms with E-state index in [4.69, 9.17) is 35.3 Å². The molecular weight excluding hydrogens is 430 g/mol. The number of nitrogens with zero attached hydrogens (tertiary/aromatic N) is 1. The summed E-state index contributed by atoms with van der Waals surface area (Å²) in [6.45, 7) is -1.33.